The van der Waals surface area contributed by atoms with Crippen LogP contribution in [0.15, 0.2) is 48.5 Å². The summed E-state index contributed by atoms with van der Waals surface area (Å²) in [6, 6.07) is 11.5. The van der Waals surface area contributed by atoms with Crippen LogP contribution in [0.4, 0.5) is 10.2 Å². The van der Waals surface area contributed by atoms with Crippen LogP contribution in [0.25, 0.3) is 11.4 Å². The van der Waals surface area contributed by atoms with Crippen molar-refractivity contribution in [2.75, 3.05) is 11.9 Å². The molecule has 158 valence electrons. The zero-order valence-electron chi connectivity index (χ0n) is 16.1. The quantitative estimate of drug-likeness (QED) is 0.540. The van der Waals surface area contributed by atoms with Crippen LogP contribution in [-0.2, 0) is 4.79 Å². The molecule has 10 heteroatoms. The highest BCUT2D eigenvalue weighted by Gasteiger charge is 2.24. The number of hydrogen-bond donors (Lipinski definition) is 3. The third-order valence-electron chi connectivity index (χ3n) is 4.58. The number of nitrogens with two attached hydrogens (primary N) is 1. The largest absolute Gasteiger partial charge is 0.454 e. The van der Waals surface area contributed by atoms with E-state index in [9.17, 15) is 14.0 Å². The Morgan fingerprint density at radius 1 is 1.19 bits per heavy atom. The van der Waals surface area contributed by atoms with Crippen molar-refractivity contribution in [2.45, 2.75) is 12.5 Å². The molecule has 0 aliphatic carbocycles. The van der Waals surface area contributed by atoms with Crippen LogP contribution in [0.1, 0.15) is 16.9 Å². The molecule has 31 heavy (non-hydrogen) atoms. The molecule has 8 nitrogen and oxygen atoms in total. The number of rotatable bonds is 6. The van der Waals surface area contributed by atoms with Gasteiger partial charge in [-0.25, -0.2) is 14.4 Å². The number of amides is 2. The van der Waals surface area contributed by atoms with Crippen LogP contribution in [0.3, 0.4) is 0 Å². The van der Waals surface area contributed by atoms with Gasteiger partial charge in [0.2, 0.25) is 5.91 Å². The summed E-state index contributed by atoms with van der Waals surface area (Å²) in [6.45, 7) is 0.561. The molecular formula is C21H17ClFN5O3. The van der Waals surface area contributed by atoms with E-state index in [1.165, 1.54) is 24.3 Å². The lowest BCUT2D eigenvalue weighted by molar-refractivity contribution is -0.119. The first-order valence-corrected chi connectivity index (χ1v) is 9.73. The van der Waals surface area contributed by atoms with E-state index < -0.39 is 17.8 Å². The number of nitrogens with one attached hydrogen (secondary N) is 2. The highest BCUT2D eigenvalue weighted by molar-refractivity contribution is 6.30. The van der Waals surface area contributed by atoms with Gasteiger partial charge in [0.25, 0.3) is 5.91 Å². The number of anilines is 1. The van der Waals surface area contributed by atoms with Crippen LogP contribution < -0.4 is 21.1 Å². The Labute approximate surface area is 181 Å². The molecule has 0 saturated carbocycles. The molecule has 0 bridgehead atoms. The molecule has 1 atom stereocenters. The average molecular weight is 442 g/mol. The third-order valence-corrected chi connectivity index (χ3v) is 4.82. The van der Waals surface area contributed by atoms with E-state index in [1.807, 2.05) is 0 Å². The van der Waals surface area contributed by atoms with Crippen molar-refractivity contribution in [2.24, 2.45) is 5.73 Å². The summed E-state index contributed by atoms with van der Waals surface area (Å²) in [4.78, 5) is 32.1. The van der Waals surface area contributed by atoms with Crippen molar-refractivity contribution in [1.29, 1.82) is 0 Å². The van der Waals surface area contributed by atoms with Gasteiger partial charge >= 0.3 is 0 Å². The van der Waals surface area contributed by atoms with Crippen LogP contribution in [0.2, 0.25) is 5.02 Å². The van der Waals surface area contributed by atoms with E-state index >= 15 is 0 Å². The van der Waals surface area contributed by atoms with Crippen LogP contribution in [-0.4, -0.2) is 34.4 Å². The first kappa shape index (κ1) is 20.5. The first-order chi connectivity index (χ1) is 14.9. The minimum absolute atomic E-state index is 0.00597. The van der Waals surface area contributed by atoms with Crippen molar-refractivity contribution >= 4 is 29.2 Å². The van der Waals surface area contributed by atoms with E-state index in [4.69, 9.17) is 22.1 Å². The summed E-state index contributed by atoms with van der Waals surface area (Å²) in [7, 11) is 0. The molecule has 1 aromatic heterocycles. The van der Waals surface area contributed by atoms with Gasteiger partial charge in [-0.3, -0.25) is 9.59 Å². The maximum atomic E-state index is 13.9. The molecule has 4 rings (SSSR count). The van der Waals surface area contributed by atoms with E-state index in [1.54, 1.807) is 24.3 Å². The maximum absolute atomic E-state index is 13.9. The van der Waals surface area contributed by atoms with Gasteiger partial charge in [-0.15, -0.1) is 0 Å². The number of primary amides is 1. The number of ether oxygens (including phenoxy) is 1. The van der Waals surface area contributed by atoms with Gasteiger partial charge in [-0.1, -0.05) is 11.6 Å². The Morgan fingerprint density at radius 2 is 1.97 bits per heavy atom. The molecule has 1 aliphatic rings. The number of carbonyl (C=O) groups is 2. The lowest BCUT2D eigenvalue weighted by atomic mass is 10.2. The summed E-state index contributed by atoms with van der Waals surface area (Å²) in [5, 5.41) is 6.07. The summed E-state index contributed by atoms with van der Waals surface area (Å²) < 4.78 is 19.4. The average Bonchev–Trinajstić information content (AvgIpc) is 3.15. The van der Waals surface area contributed by atoms with Gasteiger partial charge in [0.1, 0.15) is 23.3 Å². The zero-order chi connectivity index (χ0) is 22.0. The van der Waals surface area contributed by atoms with Crippen molar-refractivity contribution in [1.82, 2.24) is 15.3 Å². The number of carbonyl (C=O) groups excluding carboxylic acids is 2. The molecule has 3 aromatic rings. The van der Waals surface area contributed by atoms with E-state index in [0.29, 0.717) is 35.1 Å². The number of hydrogen-bond acceptors (Lipinski definition) is 6. The van der Waals surface area contributed by atoms with Crippen molar-refractivity contribution < 1.29 is 18.7 Å². The standard InChI is InChI=1S/C21H17ClFN5O3/c22-12-3-6-14(23)17(9-12)31-13-4-1-11(2-5-13)20-27-16(19(24)29)10-18(28-20)26-15-7-8-25-21(15)30/h1-6,9-10,15H,7-8H2,(H2,24,29)(H,25,30)(H,26,27,28)/t15-/m0/s1. The normalized spacial score (nSPS) is 15.4. The number of aromatic nitrogens is 2. The van der Waals surface area contributed by atoms with Gasteiger partial charge in [-0.2, -0.15) is 0 Å². The predicted octanol–water partition coefficient (Wildman–Crippen LogP) is 3.13. The molecule has 1 saturated heterocycles. The Hall–Kier alpha value is -3.72. The zero-order valence-corrected chi connectivity index (χ0v) is 16.8. The second-order valence-corrected chi connectivity index (χ2v) is 7.24. The molecule has 1 fully saturated rings. The summed E-state index contributed by atoms with van der Waals surface area (Å²) in [5.74, 6) is -0.502. The van der Waals surface area contributed by atoms with Gasteiger partial charge in [0.15, 0.2) is 17.4 Å². The topological polar surface area (TPSA) is 119 Å². The van der Waals surface area contributed by atoms with Gasteiger partial charge < -0.3 is 21.1 Å². The molecule has 2 aromatic carbocycles. The molecule has 0 radical (unpaired) electrons. The maximum Gasteiger partial charge on any atom is 0.267 e. The van der Waals surface area contributed by atoms with E-state index in [2.05, 4.69) is 20.6 Å². The lowest BCUT2D eigenvalue weighted by Gasteiger charge is -2.13. The summed E-state index contributed by atoms with van der Waals surface area (Å²) in [5.41, 5.74) is 5.98. The second kappa shape index (κ2) is 8.57. The van der Waals surface area contributed by atoms with Crippen LogP contribution in [0.5, 0.6) is 11.5 Å². The highest BCUT2D eigenvalue weighted by atomic mass is 35.5. The first-order valence-electron chi connectivity index (χ1n) is 9.35. The number of benzene rings is 2. The molecule has 2 amide bonds. The minimum atomic E-state index is -0.723. The van der Waals surface area contributed by atoms with Gasteiger partial charge in [0, 0.05) is 29.3 Å². The number of nitrogens with zero attached hydrogens (tertiary/aromatic N) is 2. The van der Waals surface area contributed by atoms with Crippen molar-refractivity contribution in [3.8, 4) is 22.9 Å². The Morgan fingerprint density at radius 3 is 2.65 bits per heavy atom. The fourth-order valence-electron chi connectivity index (χ4n) is 3.04. The molecule has 2 heterocycles. The summed E-state index contributed by atoms with van der Waals surface area (Å²) >= 11 is 5.88. The lowest BCUT2D eigenvalue weighted by Crippen LogP contribution is -2.30. The Balaban J connectivity index is 1.60. The molecular weight excluding hydrogens is 425 g/mol. The monoisotopic (exact) mass is 441 g/mol. The van der Waals surface area contributed by atoms with Gasteiger partial charge in [0.05, 0.1) is 0 Å². The Kier molecular flexibility index (Phi) is 5.68. The summed E-state index contributed by atoms with van der Waals surface area (Å²) in [6.07, 6.45) is 0.593. The SMILES string of the molecule is NC(=O)c1cc(N[C@H]2CCNC2=O)nc(-c2ccc(Oc3cc(Cl)ccc3F)cc2)n1. The third kappa shape index (κ3) is 4.72. The fourth-order valence-corrected chi connectivity index (χ4v) is 3.20. The molecule has 0 unspecified atom stereocenters. The van der Waals surface area contributed by atoms with Gasteiger partial charge in [-0.05, 0) is 42.8 Å². The van der Waals surface area contributed by atoms with E-state index in [-0.39, 0.29) is 23.2 Å². The Bertz CT molecular complexity index is 1160. The van der Waals surface area contributed by atoms with Crippen molar-refractivity contribution in [3.05, 3.63) is 65.1 Å². The number of halogens is 2. The smallest absolute Gasteiger partial charge is 0.267 e. The molecule has 4 N–H and O–H groups in total. The predicted molar refractivity (Wildman–Crippen MR) is 113 cm³/mol. The highest BCUT2D eigenvalue weighted by Crippen LogP contribution is 2.29. The van der Waals surface area contributed by atoms with Crippen LogP contribution in [0, 0.1) is 5.82 Å². The fraction of sp³-hybridized carbons (Fsp3) is 0.143. The molecule has 1 aliphatic heterocycles. The van der Waals surface area contributed by atoms with Crippen LogP contribution >= 0.6 is 11.6 Å². The second-order valence-electron chi connectivity index (χ2n) is 6.80. The van der Waals surface area contributed by atoms with E-state index in [0.717, 1.165) is 0 Å². The molecule has 0 spiro atoms. The minimum Gasteiger partial charge on any atom is -0.454 e. The van der Waals surface area contributed by atoms with Crippen molar-refractivity contribution in [3.63, 3.8) is 0 Å².